The molecule has 0 radical (unpaired) electrons. The fraction of sp³-hybridized carbons (Fsp3) is 0.0250. The molecule has 0 spiro atoms. The lowest BCUT2D eigenvalue weighted by atomic mass is 10.00. The third-order valence-electron chi connectivity index (χ3n) is 8.16. The van der Waals surface area contributed by atoms with Crippen LogP contribution in [0.3, 0.4) is 0 Å². The molecule has 0 saturated carbocycles. The van der Waals surface area contributed by atoms with Crippen LogP contribution >= 0.6 is 0 Å². The zero-order valence-corrected chi connectivity index (χ0v) is 24.5. The molecule has 0 unspecified atom stereocenters. The summed E-state index contributed by atoms with van der Waals surface area (Å²) in [5.74, 6) is 1.48. The van der Waals surface area contributed by atoms with Crippen LogP contribution < -0.4 is 0 Å². The van der Waals surface area contributed by atoms with Gasteiger partial charge in [0.1, 0.15) is 5.82 Å². The lowest BCUT2D eigenvalue weighted by Crippen LogP contribution is -2.02. The predicted molar refractivity (Wildman–Crippen MR) is 181 cm³/mol. The second-order valence-corrected chi connectivity index (χ2v) is 11.2. The Morgan fingerprint density at radius 1 is 0.467 bits per heavy atom. The summed E-state index contributed by atoms with van der Waals surface area (Å²) in [7, 11) is 0. The van der Waals surface area contributed by atoms with E-state index in [-0.39, 0.29) is 5.82 Å². The van der Waals surface area contributed by atoms with Crippen molar-refractivity contribution in [3.63, 3.8) is 0 Å². The second-order valence-electron chi connectivity index (χ2n) is 11.2. The van der Waals surface area contributed by atoms with Crippen LogP contribution in [0.1, 0.15) is 5.56 Å². The molecule has 45 heavy (non-hydrogen) atoms. The molecule has 0 saturated heterocycles. The quantitative estimate of drug-likeness (QED) is 0.203. The molecule has 0 atom stereocenters. The monoisotopic (exact) mass is 582 g/mol. The van der Waals surface area contributed by atoms with Crippen LogP contribution in [0.5, 0.6) is 0 Å². The third-order valence-corrected chi connectivity index (χ3v) is 8.16. The van der Waals surface area contributed by atoms with Gasteiger partial charge in [-0.15, -0.1) is 0 Å². The highest BCUT2D eigenvalue weighted by Crippen LogP contribution is 2.38. The van der Waals surface area contributed by atoms with Crippen LogP contribution in [0.4, 0.5) is 4.39 Å². The summed E-state index contributed by atoms with van der Waals surface area (Å²) in [6.07, 6.45) is 0. The number of halogens is 1. The summed E-state index contributed by atoms with van der Waals surface area (Å²) in [6.45, 7) is 2.11. The van der Waals surface area contributed by atoms with Gasteiger partial charge < -0.3 is 4.57 Å². The Bertz CT molecular complexity index is 2290. The number of benzene rings is 6. The minimum atomic E-state index is -0.280. The molecular weight excluding hydrogens is 555 g/mol. The first-order chi connectivity index (χ1) is 22.1. The summed E-state index contributed by atoms with van der Waals surface area (Å²) < 4.78 is 16.9. The summed E-state index contributed by atoms with van der Waals surface area (Å²) in [4.78, 5) is 14.8. The van der Waals surface area contributed by atoms with Crippen molar-refractivity contribution in [2.24, 2.45) is 0 Å². The summed E-state index contributed by atoms with van der Waals surface area (Å²) in [6, 6.07) is 47.8. The number of nitrogens with zero attached hydrogens (tertiary/aromatic N) is 4. The molecule has 8 rings (SSSR count). The first-order valence-corrected chi connectivity index (χ1v) is 14.9. The van der Waals surface area contributed by atoms with E-state index in [9.17, 15) is 4.39 Å². The van der Waals surface area contributed by atoms with Crippen molar-refractivity contribution < 1.29 is 4.39 Å². The van der Waals surface area contributed by atoms with Crippen molar-refractivity contribution in [2.45, 2.75) is 6.92 Å². The fourth-order valence-corrected chi connectivity index (χ4v) is 6.04. The summed E-state index contributed by atoms with van der Waals surface area (Å²) >= 11 is 0. The van der Waals surface area contributed by atoms with E-state index in [4.69, 9.17) is 15.0 Å². The predicted octanol–water partition coefficient (Wildman–Crippen LogP) is 10.1. The van der Waals surface area contributed by atoms with E-state index in [1.165, 1.54) is 17.0 Å². The Morgan fingerprint density at radius 2 is 1.07 bits per heavy atom. The first-order valence-electron chi connectivity index (χ1n) is 14.9. The molecule has 0 aliphatic carbocycles. The molecule has 8 aromatic rings. The van der Waals surface area contributed by atoms with Gasteiger partial charge in [-0.2, -0.15) is 0 Å². The molecule has 0 aliphatic heterocycles. The molecule has 2 aromatic heterocycles. The normalized spacial score (nSPS) is 11.3. The van der Waals surface area contributed by atoms with E-state index < -0.39 is 0 Å². The van der Waals surface area contributed by atoms with Gasteiger partial charge in [-0.05, 0) is 48.9 Å². The molecule has 2 heterocycles. The number of rotatable bonds is 5. The van der Waals surface area contributed by atoms with E-state index in [2.05, 4.69) is 60.0 Å². The number of hydrogen-bond acceptors (Lipinski definition) is 3. The van der Waals surface area contributed by atoms with E-state index in [1.54, 1.807) is 12.1 Å². The molecule has 214 valence electrons. The summed E-state index contributed by atoms with van der Waals surface area (Å²) in [5.41, 5.74) is 8.59. The maximum absolute atomic E-state index is 14.6. The van der Waals surface area contributed by atoms with Gasteiger partial charge in [0.15, 0.2) is 17.5 Å². The molecule has 6 aromatic carbocycles. The minimum Gasteiger partial charge on any atom is -0.309 e. The van der Waals surface area contributed by atoms with Gasteiger partial charge in [0.25, 0.3) is 0 Å². The molecule has 4 nitrogen and oxygen atoms in total. The van der Waals surface area contributed by atoms with Gasteiger partial charge in [-0.1, -0.05) is 115 Å². The Labute approximate surface area is 260 Å². The van der Waals surface area contributed by atoms with Crippen molar-refractivity contribution in [1.82, 2.24) is 19.5 Å². The topological polar surface area (TPSA) is 43.6 Å². The highest BCUT2D eigenvalue weighted by molar-refractivity contribution is 6.10. The largest absolute Gasteiger partial charge is 0.309 e. The maximum atomic E-state index is 14.6. The number of aryl methyl sites for hydroxylation is 1. The van der Waals surface area contributed by atoms with Crippen LogP contribution in [0.2, 0.25) is 0 Å². The van der Waals surface area contributed by atoms with Gasteiger partial charge in [0.05, 0.1) is 16.7 Å². The van der Waals surface area contributed by atoms with Crippen LogP contribution in [0, 0.1) is 12.7 Å². The van der Waals surface area contributed by atoms with Crippen LogP contribution in [-0.4, -0.2) is 19.5 Å². The van der Waals surface area contributed by atoms with E-state index >= 15 is 0 Å². The van der Waals surface area contributed by atoms with E-state index in [0.29, 0.717) is 17.5 Å². The van der Waals surface area contributed by atoms with Gasteiger partial charge >= 0.3 is 0 Å². The average molecular weight is 583 g/mol. The molecule has 0 N–H and O–H groups in total. The Balaban J connectivity index is 1.42. The van der Waals surface area contributed by atoms with Crippen LogP contribution in [0.25, 0.3) is 72.8 Å². The molecular formula is C40H27FN4. The molecule has 0 amide bonds. The standard InChI is InChI=1S/C40H27FN4/c1-26-19-22-36-34(23-26)33-17-8-9-18-35(33)45(36)37-25-30(20-21-32(37)29-15-10-16-31(41)24-29)40-43-38(27-11-4-2-5-12-27)42-39(44-40)28-13-6-3-7-14-28/h2-25H,1H3. The van der Waals surface area contributed by atoms with Gasteiger partial charge in [-0.3, -0.25) is 0 Å². The van der Waals surface area contributed by atoms with Crippen molar-refractivity contribution in [1.29, 1.82) is 0 Å². The SMILES string of the molecule is Cc1ccc2c(c1)c1ccccc1n2-c1cc(-c2nc(-c3ccccc3)nc(-c3ccccc3)n2)ccc1-c1cccc(F)c1. The van der Waals surface area contributed by atoms with Crippen molar-refractivity contribution in [2.75, 3.05) is 0 Å². The molecule has 5 heteroatoms. The highest BCUT2D eigenvalue weighted by Gasteiger charge is 2.19. The lowest BCUT2D eigenvalue weighted by Gasteiger charge is -2.16. The maximum Gasteiger partial charge on any atom is 0.164 e. The van der Waals surface area contributed by atoms with Crippen molar-refractivity contribution >= 4 is 21.8 Å². The van der Waals surface area contributed by atoms with Crippen molar-refractivity contribution in [3.05, 3.63) is 157 Å². The Kier molecular flexibility index (Phi) is 6.50. The highest BCUT2D eigenvalue weighted by atomic mass is 19.1. The lowest BCUT2D eigenvalue weighted by molar-refractivity contribution is 0.628. The fourth-order valence-electron chi connectivity index (χ4n) is 6.04. The van der Waals surface area contributed by atoms with Gasteiger partial charge in [0, 0.05) is 33.0 Å². The Hall–Kier alpha value is -5.94. The zero-order valence-electron chi connectivity index (χ0n) is 24.5. The smallest absolute Gasteiger partial charge is 0.164 e. The van der Waals surface area contributed by atoms with Crippen LogP contribution in [0.15, 0.2) is 146 Å². The van der Waals surface area contributed by atoms with E-state index in [1.807, 2.05) is 78.9 Å². The third kappa shape index (κ3) is 4.85. The zero-order chi connectivity index (χ0) is 30.3. The van der Waals surface area contributed by atoms with Gasteiger partial charge in [0.2, 0.25) is 0 Å². The number of aromatic nitrogens is 4. The summed E-state index contributed by atoms with van der Waals surface area (Å²) in [5, 5.41) is 2.32. The molecule has 0 bridgehead atoms. The molecule has 0 aliphatic rings. The Morgan fingerprint density at radius 3 is 1.76 bits per heavy atom. The van der Waals surface area contributed by atoms with E-state index in [0.717, 1.165) is 49.9 Å². The van der Waals surface area contributed by atoms with Crippen LogP contribution in [-0.2, 0) is 0 Å². The minimum absolute atomic E-state index is 0.280. The second kappa shape index (κ2) is 11.0. The van der Waals surface area contributed by atoms with Gasteiger partial charge in [-0.25, -0.2) is 19.3 Å². The number of fused-ring (bicyclic) bond motifs is 3. The van der Waals surface area contributed by atoms with Crippen molar-refractivity contribution in [3.8, 4) is 51.0 Å². The molecule has 0 fully saturated rings. The first kappa shape index (κ1) is 26.7. The number of hydrogen-bond donors (Lipinski definition) is 0. The number of para-hydroxylation sites is 1. The average Bonchev–Trinajstić information content (AvgIpc) is 3.42.